The van der Waals surface area contributed by atoms with E-state index in [-0.39, 0.29) is 6.04 Å². The van der Waals surface area contributed by atoms with Gasteiger partial charge in [0.2, 0.25) is 0 Å². The van der Waals surface area contributed by atoms with Crippen LogP contribution in [0.25, 0.3) is 0 Å². The van der Waals surface area contributed by atoms with E-state index in [2.05, 4.69) is 17.1 Å². The molecule has 0 aliphatic rings. The molecule has 0 aliphatic heterocycles. The lowest BCUT2D eigenvalue weighted by molar-refractivity contribution is -0.144. The molecule has 0 aromatic carbocycles. The number of aliphatic carboxylic acids is 1. The van der Waals surface area contributed by atoms with E-state index in [1.165, 1.54) is 0 Å². The molecule has 0 aromatic heterocycles. The van der Waals surface area contributed by atoms with Gasteiger partial charge in [0.1, 0.15) is 5.54 Å². The van der Waals surface area contributed by atoms with Gasteiger partial charge < -0.3 is 10.0 Å². The largest absolute Gasteiger partial charge is 0.480 e. The molecule has 0 radical (unpaired) electrons. The van der Waals surface area contributed by atoms with Gasteiger partial charge in [-0.25, -0.2) is 0 Å². The summed E-state index contributed by atoms with van der Waals surface area (Å²) in [5.41, 5.74) is -0.822. The quantitative estimate of drug-likeness (QED) is 0.671. The fourth-order valence-electron chi connectivity index (χ4n) is 1.45. The van der Waals surface area contributed by atoms with Gasteiger partial charge in [0, 0.05) is 12.6 Å². The van der Waals surface area contributed by atoms with Gasteiger partial charge in [-0.1, -0.05) is 6.92 Å². The van der Waals surface area contributed by atoms with Crippen LogP contribution in [0.1, 0.15) is 34.1 Å². The van der Waals surface area contributed by atoms with Crippen LogP contribution in [0.4, 0.5) is 0 Å². The molecule has 0 aliphatic carbocycles. The molecule has 0 rings (SSSR count). The predicted molar refractivity (Wildman–Crippen MR) is 62.1 cm³/mol. The molecule has 15 heavy (non-hydrogen) atoms. The van der Waals surface area contributed by atoms with E-state index < -0.39 is 11.5 Å². The average Bonchev–Trinajstić information content (AvgIpc) is 2.12. The lowest BCUT2D eigenvalue weighted by Gasteiger charge is -2.30. The van der Waals surface area contributed by atoms with Crippen molar-refractivity contribution in [1.29, 1.82) is 0 Å². The van der Waals surface area contributed by atoms with Gasteiger partial charge in [0.05, 0.1) is 0 Å². The molecule has 4 heteroatoms. The van der Waals surface area contributed by atoms with Crippen molar-refractivity contribution in [1.82, 2.24) is 10.2 Å². The summed E-state index contributed by atoms with van der Waals surface area (Å²) in [6.45, 7) is 9.47. The summed E-state index contributed by atoms with van der Waals surface area (Å²) in [5, 5.41) is 12.3. The van der Waals surface area contributed by atoms with E-state index in [4.69, 9.17) is 0 Å². The van der Waals surface area contributed by atoms with Gasteiger partial charge in [-0.15, -0.1) is 0 Å². The Morgan fingerprint density at radius 3 is 2.40 bits per heavy atom. The van der Waals surface area contributed by atoms with Crippen LogP contribution in [0.2, 0.25) is 0 Å². The van der Waals surface area contributed by atoms with E-state index in [0.29, 0.717) is 6.42 Å². The third-order valence-electron chi connectivity index (χ3n) is 2.61. The monoisotopic (exact) mass is 216 g/mol. The van der Waals surface area contributed by atoms with Crippen LogP contribution in [0.3, 0.4) is 0 Å². The first kappa shape index (κ1) is 14.4. The molecule has 90 valence electrons. The predicted octanol–water partition coefficient (Wildman–Crippen LogP) is 1.17. The lowest BCUT2D eigenvalue weighted by Crippen LogP contribution is -2.53. The molecule has 0 aromatic rings. The number of hydrogen-bond acceptors (Lipinski definition) is 3. The highest BCUT2D eigenvalue weighted by Gasteiger charge is 2.33. The minimum absolute atomic E-state index is 0.179. The van der Waals surface area contributed by atoms with Gasteiger partial charge in [-0.3, -0.25) is 10.1 Å². The summed E-state index contributed by atoms with van der Waals surface area (Å²) < 4.78 is 0. The van der Waals surface area contributed by atoms with Gasteiger partial charge in [0.15, 0.2) is 0 Å². The SMILES string of the molecule is CCN(C)CCC(C)(NC(C)C)C(=O)O. The number of hydrogen-bond donors (Lipinski definition) is 2. The van der Waals surface area contributed by atoms with Crippen molar-refractivity contribution in [3.8, 4) is 0 Å². The van der Waals surface area contributed by atoms with Crippen LogP contribution in [0, 0.1) is 0 Å². The Balaban J connectivity index is 4.32. The van der Waals surface area contributed by atoms with Crippen molar-refractivity contribution in [2.45, 2.75) is 45.7 Å². The van der Waals surface area contributed by atoms with Gasteiger partial charge in [-0.05, 0) is 40.8 Å². The van der Waals surface area contributed by atoms with Crippen LogP contribution in [-0.4, -0.2) is 47.7 Å². The number of nitrogens with one attached hydrogen (secondary N) is 1. The maximum atomic E-state index is 11.2. The van der Waals surface area contributed by atoms with Crippen LogP contribution in [-0.2, 0) is 4.79 Å². The second kappa shape index (κ2) is 6.08. The molecule has 1 atom stereocenters. The maximum absolute atomic E-state index is 11.2. The topological polar surface area (TPSA) is 52.6 Å². The summed E-state index contributed by atoms with van der Waals surface area (Å²) in [6, 6.07) is 0.179. The molecule has 0 heterocycles. The molecule has 2 N–H and O–H groups in total. The van der Waals surface area contributed by atoms with E-state index >= 15 is 0 Å². The molecule has 0 amide bonds. The fraction of sp³-hybridized carbons (Fsp3) is 0.909. The molecule has 1 unspecified atom stereocenters. The first-order valence-electron chi connectivity index (χ1n) is 5.51. The molecule has 0 saturated carbocycles. The number of nitrogens with zero attached hydrogens (tertiary/aromatic N) is 1. The van der Waals surface area contributed by atoms with Crippen molar-refractivity contribution < 1.29 is 9.90 Å². The zero-order valence-corrected chi connectivity index (χ0v) is 10.5. The zero-order valence-electron chi connectivity index (χ0n) is 10.5. The third-order valence-corrected chi connectivity index (χ3v) is 2.61. The van der Waals surface area contributed by atoms with E-state index in [9.17, 15) is 9.90 Å². The molecule has 0 spiro atoms. The zero-order chi connectivity index (χ0) is 12.1. The smallest absolute Gasteiger partial charge is 0.323 e. The van der Waals surface area contributed by atoms with E-state index in [1.807, 2.05) is 20.9 Å². The molecule has 4 nitrogen and oxygen atoms in total. The van der Waals surface area contributed by atoms with Crippen molar-refractivity contribution >= 4 is 5.97 Å². The first-order valence-corrected chi connectivity index (χ1v) is 5.51. The second-order valence-electron chi connectivity index (χ2n) is 4.58. The minimum Gasteiger partial charge on any atom is -0.480 e. The number of carboxylic acid groups (broad SMARTS) is 1. The highest BCUT2D eigenvalue weighted by molar-refractivity contribution is 5.78. The Bertz CT molecular complexity index is 207. The van der Waals surface area contributed by atoms with Crippen molar-refractivity contribution in [2.24, 2.45) is 0 Å². The van der Waals surface area contributed by atoms with Crippen molar-refractivity contribution in [2.75, 3.05) is 20.1 Å². The van der Waals surface area contributed by atoms with Crippen LogP contribution in [0.15, 0.2) is 0 Å². The summed E-state index contributed by atoms with van der Waals surface area (Å²) >= 11 is 0. The minimum atomic E-state index is -0.822. The second-order valence-corrected chi connectivity index (χ2v) is 4.58. The highest BCUT2D eigenvalue weighted by Crippen LogP contribution is 2.12. The number of rotatable bonds is 7. The van der Waals surface area contributed by atoms with E-state index in [1.54, 1.807) is 6.92 Å². The maximum Gasteiger partial charge on any atom is 0.323 e. The Hall–Kier alpha value is -0.610. The van der Waals surface area contributed by atoms with Crippen LogP contribution in [0.5, 0.6) is 0 Å². The molecule has 0 saturated heterocycles. The lowest BCUT2D eigenvalue weighted by atomic mass is 9.96. The molecule has 0 bridgehead atoms. The summed E-state index contributed by atoms with van der Waals surface area (Å²) in [5.74, 6) is -0.777. The summed E-state index contributed by atoms with van der Waals surface area (Å²) in [4.78, 5) is 13.3. The van der Waals surface area contributed by atoms with Gasteiger partial charge in [0.25, 0.3) is 0 Å². The highest BCUT2D eigenvalue weighted by atomic mass is 16.4. The normalized spacial score (nSPS) is 15.7. The standard InChI is InChI=1S/C11H24N2O2/c1-6-13(5)8-7-11(4,10(14)15)12-9(2)3/h9,12H,6-8H2,1-5H3,(H,14,15). The summed E-state index contributed by atoms with van der Waals surface area (Å²) in [6.07, 6.45) is 0.616. The Labute approximate surface area is 92.7 Å². The molecule has 0 fully saturated rings. The molecular formula is C11H24N2O2. The van der Waals surface area contributed by atoms with Crippen LogP contribution >= 0.6 is 0 Å². The first-order chi connectivity index (χ1) is 6.81. The van der Waals surface area contributed by atoms with Gasteiger partial charge >= 0.3 is 5.97 Å². The fourth-order valence-corrected chi connectivity index (χ4v) is 1.45. The van der Waals surface area contributed by atoms with Crippen molar-refractivity contribution in [3.63, 3.8) is 0 Å². The van der Waals surface area contributed by atoms with Gasteiger partial charge in [-0.2, -0.15) is 0 Å². The summed E-state index contributed by atoms with van der Waals surface area (Å²) in [7, 11) is 2.00. The Morgan fingerprint density at radius 1 is 1.53 bits per heavy atom. The Kier molecular flexibility index (Phi) is 5.83. The number of carboxylic acids is 1. The van der Waals surface area contributed by atoms with Crippen molar-refractivity contribution in [3.05, 3.63) is 0 Å². The average molecular weight is 216 g/mol. The van der Waals surface area contributed by atoms with Crippen LogP contribution < -0.4 is 5.32 Å². The third kappa shape index (κ3) is 5.14. The Morgan fingerprint density at radius 2 is 2.07 bits per heavy atom. The molecular weight excluding hydrogens is 192 g/mol. The number of carbonyl (C=O) groups is 1. The van der Waals surface area contributed by atoms with E-state index in [0.717, 1.165) is 13.1 Å².